The molecule has 1 nitrogen and oxygen atoms in total. The van der Waals surface area contributed by atoms with Gasteiger partial charge in [0, 0.05) is 16.3 Å². The minimum atomic E-state index is -0.283. The van der Waals surface area contributed by atoms with Crippen molar-refractivity contribution in [3.05, 3.63) is 57.8 Å². The molecule has 2 aromatic rings. The summed E-state index contributed by atoms with van der Waals surface area (Å²) in [5.74, 6) is -0.283. The Labute approximate surface area is 119 Å². The van der Waals surface area contributed by atoms with E-state index < -0.39 is 0 Å². The monoisotopic (exact) mass is 301 g/mol. The van der Waals surface area contributed by atoms with E-state index in [0.717, 1.165) is 10.5 Å². The Morgan fingerprint density at radius 1 is 1.06 bits per heavy atom. The standard InChI is InChI=1S/C13H10Cl2FNS/c14-10-3-2-9(6-11(10)15)18-13-4-1-8(7-17)5-12(13)16/h1-6H,7,17H2. The van der Waals surface area contributed by atoms with E-state index in [1.807, 2.05) is 6.07 Å². The molecule has 0 spiro atoms. The van der Waals surface area contributed by atoms with Crippen molar-refractivity contribution in [3.63, 3.8) is 0 Å². The van der Waals surface area contributed by atoms with Crippen molar-refractivity contribution in [1.82, 2.24) is 0 Å². The van der Waals surface area contributed by atoms with E-state index in [1.165, 1.54) is 17.8 Å². The fraction of sp³-hybridized carbons (Fsp3) is 0.0769. The zero-order valence-corrected chi connectivity index (χ0v) is 11.6. The minimum Gasteiger partial charge on any atom is -0.326 e. The highest BCUT2D eigenvalue weighted by Gasteiger charge is 2.07. The Hall–Kier alpha value is -0.740. The fourth-order valence-corrected chi connectivity index (χ4v) is 2.64. The molecule has 5 heteroatoms. The third-order valence-corrected chi connectivity index (χ3v) is 4.13. The highest BCUT2D eigenvalue weighted by atomic mass is 35.5. The van der Waals surface area contributed by atoms with E-state index in [0.29, 0.717) is 21.5 Å². The molecule has 18 heavy (non-hydrogen) atoms. The summed E-state index contributed by atoms with van der Waals surface area (Å²) < 4.78 is 13.8. The predicted molar refractivity (Wildman–Crippen MR) is 74.9 cm³/mol. The van der Waals surface area contributed by atoms with E-state index in [4.69, 9.17) is 28.9 Å². The Balaban J connectivity index is 2.25. The lowest BCUT2D eigenvalue weighted by atomic mass is 10.2. The summed E-state index contributed by atoms with van der Waals surface area (Å²) in [7, 11) is 0. The van der Waals surface area contributed by atoms with Crippen molar-refractivity contribution in [1.29, 1.82) is 0 Å². The van der Waals surface area contributed by atoms with Crippen LogP contribution in [-0.4, -0.2) is 0 Å². The summed E-state index contributed by atoms with van der Waals surface area (Å²) in [5, 5.41) is 0.945. The van der Waals surface area contributed by atoms with Gasteiger partial charge in [0.15, 0.2) is 0 Å². The van der Waals surface area contributed by atoms with Crippen molar-refractivity contribution >= 4 is 35.0 Å². The zero-order chi connectivity index (χ0) is 13.1. The molecule has 0 saturated heterocycles. The van der Waals surface area contributed by atoms with Crippen LogP contribution in [0, 0.1) is 5.82 Å². The third-order valence-electron chi connectivity index (χ3n) is 2.35. The first-order chi connectivity index (χ1) is 8.60. The Bertz CT molecular complexity index is 575. The van der Waals surface area contributed by atoms with Crippen LogP contribution < -0.4 is 5.73 Å². The molecule has 0 unspecified atom stereocenters. The molecule has 2 aromatic carbocycles. The van der Waals surface area contributed by atoms with Gasteiger partial charge in [-0.2, -0.15) is 0 Å². The van der Waals surface area contributed by atoms with Crippen molar-refractivity contribution in [2.24, 2.45) is 5.73 Å². The van der Waals surface area contributed by atoms with Gasteiger partial charge in [0.25, 0.3) is 0 Å². The molecular weight excluding hydrogens is 292 g/mol. The van der Waals surface area contributed by atoms with Crippen LogP contribution in [0.25, 0.3) is 0 Å². The first kappa shape index (κ1) is 13.7. The molecule has 0 atom stereocenters. The molecule has 0 amide bonds. The summed E-state index contributed by atoms with van der Waals surface area (Å²) in [6, 6.07) is 10.2. The second kappa shape index (κ2) is 5.93. The van der Waals surface area contributed by atoms with Gasteiger partial charge in [-0.15, -0.1) is 0 Å². The molecule has 94 valence electrons. The number of hydrogen-bond acceptors (Lipinski definition) is 2. The first-order valence-electron chi connectivity index (χ1n) is 5.21. The molecule has 0 aliphatic heterocycles. The Kier molecular flexibility index (Phi) is 4.51. The van der Waals surface area contributed by atoms with Crippen LogP contribution in [0.1, 0.15) is 5.56 Å². The summed E-state index contributed by atoms with van der Waals surface area (Å²) in [5.41, 5.74) is 6.22. The van der Waals surface area contributed by atoms with Gasteiger partial charge in [-0.05, 0) is 35.9 Å². The van der Waals surface area contributed by atoms with Gasteiger partial charge < -0.3 is 5.73 Å². The van der Waals surface area contributed by atoms with E-state index in [-0.39, 0.29) is 5.82 Å². The summed E-state index contributed by atoms with van der Waals surface area (Å²) >= 11 is 13.0. The Morgan fingerprint density at radius 2 is 1.83 bits per heavy atom. The number of hydrogen-bond donors (Lipinski definition) is 1. The van der Waals surface area contributed by atoms with Gasteiger partial charge in [0.05, 0.1) is 10.0 Å². The van der Waals surface area contributed by atoms with Crippen LogP contribution in [-0.2, 0) is 6.54 Å². The van der Waals surface area contributed by atoms with Gasteiger partial charge in [-0.1, -0.05) is 41.0 Å². The lowest BCUT2D eigenvalue weighted by molar-refractivity contribution is 0.599. The number of nitrogens with two attached hydrogens (primary N) is 1. The number of rotatable bonds is 3. The van der Waals surface area contributed by atoms with Crippen molar-refractivity contribution in [2.45, 2.75) is 16.3 Å². The SMILES string of the molecule is NCc1ccc(Sc2ccc(Cl)c(Cl)c2)c(F)c1. The average Bonchev–Trinajstić information content (AvgIpc) is 2.36. The summed E-state index contributed by atoms with van der Waals surface area (Å²) in [6.45, 7) is 0.328. The molecule has 0 saturated carbocycles. The van der Waals surface area contributed by atoms with Crippen LogP contribution in [0.4, 0.5) is 4.39 Å². The van der Waals surface area contributed by atoms with E-state index in [9.17, 15) is 4.39 Å². The van der Waals surface area contributed by atoms with E-state index >= 15 is 0 Å². The van der Waals surface area contributed by atoms with Gasteiger partial charge in [0.2, 0.25) is 0 Å². The lowest BCUT2D eigenvalue weighted by Crippen LogP contribution is -1.96. The van der Waals surface area contributed by atoms with Crippen molar-refractivity contribution in [3.8, 4) is 0 Å². The lowest BCUT2D eigenvalue weighted by Gasteiger charge is -2.06. The number of benzene rings is 2. The minimum absolute atomic E-state index is 0.283. The normalized spacial score (nSPS) is 10.7. The van der Waals surface area contributed by atoms with Gasteiger partial charge in [-0.25, -0.2) is 4.39 Å². The molecule has 0 aliphatic carbocycles. The second-order valence-corrected chi connectivity index (χ2v) is 5.58. The third kappa shape index (κ3) is 3.18. The second-order valence-electron chi connectivity index (χ2n) is 3.65. The molecular formula is C13H10Cl2FNS. The highest BCUT2D eigenvalue weighted by Crippen LogP contribution is 2.33. The maximum atomic E-state index is 13.8. The van der Waals surface area contributed by atoms with Crippen molar-refractivity contribution < 1.29 is 4.39 Å². The fourth-order valence-electron chi connectivity index (χ4n) is 1.42. The predicted octanol–water partition coefficient (Wildman–Crippen LogP) is 4.74. The molecule has 0 heterocycles. The van der Waals surface area contributed by atoms with E-state index in [2.05, 4.69) is 0 Å². The van der Waals surface area contributed by atoms with E-state index in [1.54, 1.807) is 24.3 Å². The van der Waals surface area contributed by atoms with Crippen molar-refractivity contribution in [2.75, 3.05) is 0 Å². The topological polar surface area (TPSA) is 26.0 Å². The first-order valence-corrected chi connectivity index (χ1v) is 6.79. The highest BCUT2D eigenvalue weighted by molar-refractivity contribution is 7.99. The average molecular weight is 302 g/mol. The quantitative estimate of drug-likeness (QED) is 0.886. The van der Waals surface area contributed by atoms with Gasteiger partial charge >= 0.3 is 0 Å². The maximum absolute atomic E-state index is 13.8. The molecule has 0 aromatic heterocycles. The molecule has 2 N–H and O–H groups in total. The van der Waals surface area contributed by atoms with Crippen LogP contribution in [0.2, 0.25) is 10.0 Å². The van der Waals surface area contributed by atoms with Gasteiger partial charge in [0.1, 0.15) is 5.82 Å². The largest absolute Gasteiger partial charge is 0.326 e. The van der Waals surface area contributed by atoms with Crippen LogP contribution >= 0.6 is 35.0 Å². The molecule has 0 bridgehead atoms. The van der Waals surface area contributed by atoms with Crippen LogP contribution in [0.3, 0.4) is 0 Å². The molecule has 0 radical (unpaired) electrons. The summed E-state index contributed by atoms with van der Waals surface area (Å²) in [4.78, 5) is 1.37. The number of halogens is 3. The van der Waals surface area contributed by atoms with Crippen LogP contribution in [0.15, 0.2) is 46.2 Å². The zero-order valence-electron chi connectivity index (χ0n) is 9.29. The van der Waals surface area contributed by atoms with Gasteiger partial charge in [-0.3, -0.25) is 0 Å². The Morgan fingerprint density at radius 3 is 2.44 bits per heavy atom. The maximum Gasteiger partial charge on any atom is 0.137 e. The van der Waals surface area contributed by atoms with Crippen LogP contribution in [0.5, 0.6) is 0 Å². The molecule has 0 aliphatic rings. The smallest absolute Gasteiger partial charge is 0.137 e. The summed E-state index contributed by atoms with van der Waals surface area (Å²) in [6.07, 6.45) is 0. The molecule has 2 rings (SSSR count). The molecule has 0 fully saturated rings.